The second kappa shape index (κ2) is 19.3. The predicted molar refractivity (Wildman–Crippen MR) is 238 cm³/mol. The maximum Gasteiger partial charge on any atom is 0.338 e. The van der Waals surface area contributed by atoms with E-state index in [1.165, 1.54) is 39.8 Å². The van der Waals surface area contributed by atoms with Crippen molar-refractivity contribution in [1.82, 2.24) is 5.32 Å². The number of esters is 5. The molecular formula is C51H55NO17. The Morgan fingerprint density at radius 1 is 0.797 bits per heavy atom. The number of ether oxygens (including phenoxy) is 6. The molecule has 0 radical (unpaired) electrons. The van der Waals surface area contributed by atoms with Crippen LogP contribution < -0.4 is 5.32 Å². The quantitative estimate of drug-likeness (QED) is 0.100. The van der Waals surface area contributed by atoms with Crippen molar-refractivity contribution in [1.29, 1.82) is 0 Å². The Balaban J connectivity index is 1.42. The average Bonchev–Trinajstić information content (AvgIpc) is 3.30. The number of benzene rings is 3. The minimum Gasteiger partial charge on any atom is -0.481 e. The third-order valence-corrected chi connectivity index (χ3v) is 14.3. The zero-order valence-corrected chi connectivity index (χ0v) is 38.9. The molecule has 0 spiro atoms. The number of hydrogen-bond acceptors (Lipinski definition) is 16. The van der Waals surface area contributed by atoms with Crippen molar-refractivity contribution in [2.75, 3.05) is 6.61 Å². The van der Waals surface area contributed by atoms with E-state index in [2.05, 4.69) is 5.32 Å². The zero-order valence-electron chi connectivity index (χ0n) is 38.9. The minimum absolute atomic E-state index is 0.000507. The summed E-state index contributed by atoms with van der Waals surface area (Å²) < 4.78 is 36.6. The first kappa shape index (κ1) is 50.1. The molecule has 3 aromatic carbocycles. The molecule has 69 heavy (non-hydrogen) atoms. The van der Waals surface area contributed by atoms with E-state index < -0.39 is 144 Å². The molecule has 2 bridgehead atoms. The third kappa shape index (κ3) is 9.15. The van der Waals surface area contributed by atoms with Crippen molar-refractivity contribution in [2.24, 2.45) is 16.7 Å². The number of nitrogens with one attached hydrogen (secondary N) is 1. The summed E-state index contributed by atoms with van der Waals surface area (Å²) >= 11 is 0. The summed E-state index contributed by atoms with van der Waals surface area (Å²) in [6.45, 7) is 7.58. The fourth-order valence-corrected chi connectivity index (χ4v) is 10.8. The average molecular weight is 954 g/mol. The Hall–Kier alpha value is -6.76. The van der Waals surface area contributed by atoms with Crippen LogP contribution in [-0.2, 0) is 57.2 Å². The van der Waals surface area contributed by atoms with E-state index >= 15 is 4.79 Å². The molecule has 1 aliphatic heterocycles. The number of rotatable bonds is 14. The fourth-order valence-electron chi connectivity index (χ4n) is 10.8. The standard InChI is InChI=1S/C51H55NO17/c1-27-33(66-47(62)40(58)39(30-16-10-7-11-17-30)52-45(60)31-18-12-8-13-19-31)25-51(63)44(68-46(61)32-20-14-9-15-21-32)42-49(6,43(59)41(65-28(2)53)38(27)48(51,4)5)34(67-37(57)23-22-36(55)56)24-35-50(42,26-64-35)69-29(3)54/h7-21,33-35,39-42,44,58,63H,22-26H2,1-6H3,(H,52,60)(H,55,56)/t33-,34-,35+,39-,40+,41+,42?,44-,49+,50-,51+/m0/s1. The number of carboxylic acids is 1. The summed E-state index contributed by atoms with van der Waals surface area (Å²) in [5, 5.41) is 37.9. The highest BCUT2D eigenvalue weighted by atomic mass is 16.6. The number of aliphatic hydroxyl groups excluding tert-OH is 1. The van der Waals surface area contributed by atoms with Gasteiger partial charge in [0.25, 0.3) is 5.91 Å². The lowest BCUT2D eigenvalue weighted by Crippen LogP contribution is -2.82. The fraction of sp³-hybridized carbons (Fsp3) is 0.451. The molecule has 0 aromatic heterocycles. The largest absolute Gasteiger partial charge is 0.481 e. The monoisotopic (exact) mass is 953 g/mol. The molecule has 1 unspecified atom stereocenters. The third-order valence-electron chi connectivity index (χ3n) is 14.3. The normalized spacial score (nSPS) is 29.7. The first-order chi connectivity index (χ1) is 32.6. The molecule has 1 heterocycles. The van der Waals surface area contributed by atoms with Crippen molar-refractivity contribution in [3.05, 3.63) is 119 Å². The van der Waals surface area contributed by atoms with Gasteiger partial charge in [-0.25, -0.2) is 9.59 Å². The first-order valence-corrected chi connectivity index (χ1v) is 22.5. The van der Waals surface area contributed by atoms with Crippen LogP contribution in [0, 0.1) is 16.7 Å². The lowest BCUT2D eigenvalue weighted by Gasteiger charge is -2.67. The Morgan fingerprint density at radius 3 is 1.94 bits per heavy atom. The van der Waals surface area contributed by atoms with Gasteiger partial charge in [-0.05, 0) is 54.8 Å². The number of carbonyl (C=O) groups excluding carboxylic acids is 7. The summed E-state index contributed by atoms with van der Waals surface area (Å²) in [7, 11) is 0. The lowest BCUT2D eigenvalue weighted by molar-refractivity contribution is -0.346. The van der Waals surface area contributed by atoms with Crippen LogP contribution in [0.2, 0.25) is 0 Å². The molecule has 18 heteroatoms. The van der Waals surface area contributed by atoms with E-state index in [-0.39, 0.29) is 28.7 Å². The maximum absolute atomic E-state index is 16.0. The van der Waals surface area contributed by atoms with Gasteiger partial charge in [0, 0.05) is 37.7 Å². The number of amides is 1. The number of fused-ring (bicyclic) bond motifs is 5. The number of carboxylic acid groups (broad SMARTS) is 1. The van der Waals surface area contributed by atoms with Crippen LogP contribution in [-0.4, -0.2) is 117 Å². The SMILES string of the molecule is CC(=O)O[C@H]1C(=O)[C@@]2(C)C([C@H](OC(=O)c3ccccc3)[C@]3(O)C[C@H](OC(=O)[C@H](O)[C@@H](NC(=O)c4ccccc4)c4ccccc4)C(C)=C1C3(C)C)[C@]1(OC(C)=O)CO[C@@H]1C[C@@H]2OC(=O)CCC(=O)O. The molecule has 18 nitrogen and oxygen atoms in total. The van der Waals surface area contributed by atoms with Gasteiger partial charge in [-0.1, -0.05) is 80.6 Å². The Kier molecular flexibility index (Phi) is 14.0. The van der Waals surface area contributed by atoms with Crippen molar-refractivity contribution in [2.45, 2.75) is 121 Å². The van der Waals surface area contributed by atoms with Crippen molar-refractivity contribution < 1.29 is 82.1 Å². The van der Waals surface area contributed by atoms with Crippen LogP contribution in [0.25, 0.3) is 0 Å². The Morgan fingerprint density at radius 2 is 1.39 bits per heavy atom. The van der Waals surface area contributed by atoms with Gasteiger partial charge in [0.15, 0.2) is 23.6 Å². The second-order valence-corrected chi connectivity index (χ2v) is 18.7. The molecule has 366 valence electrons. The van der Waals surface area contributed by atoms with E-state index in [0.717, 1.165) is 13.8 Å². The second-order valence-electron chi connectivity index (χ2n) is 18.7. The smallest absolute Gasteiger partial charge is 0.338 e. The number of aliphatic hydroxyl groups is 2. The van der Waals surface area contributed by atoms with E-state index in [1.807, 2.05) is 0 Å². The van der Waals surface area contributed by atoms with Gasteiger partial charge in [0.2, 0.25) is 0 Å². The number of aliphatic carboxylic acids is 1. The maximum atomic E-state index is 16.0. The van der Waals surface area contributed by atoms with E-state index in [0.29, 0.717) is 5.56 Å². The lowest BCUT2D eigenvalue weighted by atomic mass is 9.44. The summed E-state index contributed by atoms with van der Waals surface area (Å²) in [6.07, 6.45) is -12.6. The summed E-state index contributed by atoms with van der Waals surface area (Å²) in [5.74, 6) is -9.77. The predicted octanol–water partition coefficient (Wildman–Crippen LogP) is 4.15. The summed E-state index contributed by atoms with van der Waals surface area (Å²) in [5.41, 5.74) is -7.87. The molecule has 1 saturated heterocycles. The minimum atomic E-state index is -2.52. The van der Waals surface area contributed by atoms with Crippen LogP contribution in [0.4, 0.5) is 0 Å². The number of ketones is 1. The Labute approximate surface area is 397 Å². The molecule has 3 aliphatic carbocycles. The van der Waals surface area contributed by atoms with Gasteiger partial charge >= 0.3 is 35.8 Å². The van der Waals surface area contributed by atoms with Gasteiger partial charge in [-0.15, -0.1) is 0 Å². The van der Waals surface area contributed by atoms with Gasteiger partial charge in [-0.3, -0.25) is 28.8 Å². The topological polar surface area (TPSA) is 265 Å². The molecule has 4 aliphatic rings. The zero-order chi connectivity index (χ0) is 50.2. The van der Waals surface area contributed by atoms with Crippen molar-refractivity contribution in [3.8, 4) is 0 Å². The molecule has 1 amide bonds. The molecule has 7 rings (SSSR count). The van der Waals surface area contributed by atoms with Crippen LogP contribution >= 0.6 is 0 Å². The van der Waals surface area contributed by atoms with Gasteiger partial charge in [0.1, 0.15) is 30.0 Å². The summed E-state index contributed by atoms with van der Waals surface area (Å²) in [4.78, 5) is 110. The molecule has 4 N–H and O–H groups in total. The van der Waals surface area contributed by atoms with Crippen LogP contribution in [0.5, 0.6) is 0 Å². The highest BCUT2D eigenvalue weighted by Gasteiger charge is 2.79. The van der Waals surface area contributed by atoms with E-state index in [4.69, 9.17) is 28.4 Å². The molecular weight excluding hydrogens is 899 g/mol. The molecule has 11 atom stereocenters. The van der Waals surface area contributed by atoms with Gasteiger partial charge in [-0.2, -0.15) is 0 Å². The molecule has 3 fully saturated rings. The highest BCUT2D eigenvalue weighted by molar-refractivity contribution is 5.96. The Bertz CT molecular complexity index is 2550. The van der Waals surface area contributed by atoms with Gasteiger partial charge < -0.3 is 49.1 Å². The number of carbonyl (C=O) groups is 8. The van der Waals surface area contributed by atoms with Crippen LogP contribution in [0.3, 0.4) is 0 Å². The van der Waals surface area contributed by atoms with Crippen LogP contribution in [0.15, 0.2) is 102 Å². The first-order valence-electron chi connectivity index (χ1n) is 22.5. The van der Waals surface area contributed by atoms with Crippen LogP contribution in [0.1, 0.15) is 99.5 Å². The number of hydrogen-bond donors (Lipinski definition) is 4. The molecule has 3 aromatic rings. The number of Topliss-reactive ketones (excluding diaryl/α,β-unsaturated/α-hetero) is 1. The highest BCUT2D eigenvalue weighted by Crippen LogP contribution is 2.65. The van der Waals surface area contributed by atoms with Crippen molar-refractivity contribution >= 4 is 47.5 Å². The molecule has 2 saturated carbocycles. The van der Waals surface area contributed by atoms with E-state index in [1.54, 1.807) is 78.9 Å². The van der Waals surface area contributed by atoms with Gasteiger partial charge in [0.05, 0.1) is 42.4 Å². The van der Waals surface area contributed by atoms with Crippen molar-refractivity contribution in [3.63, 3.8) is 0 Å². The summed E-state index contributed by atoms with van der Waals surface area (Å²) in [6, 6.07) is 22.5. The van der Waals surface area contributed by atoms with E-state index in [9.17, 15) is 48.9 Å².